The van der Waals surface area contributed by atoms with Crippen molar-refractivity contribution < 1.29 is 5.11 Å². The van der Waals surface area contributed by atoms with E-state index in [2.05, 4.69) is 70.3 Å². The largest absolute Gasteiger partial charge is 0.390 e. The summed E-state index contributed by atoms with van der Waals surface area (Å²) in [5.41, 5.74) is 5.05. The molecule has 1 aliphatic carbocycles. The molecule has 1 spiro atoms. The van der Waals surface area contributed by atoms with Crippen molar-refractivity contribution in [3.63, 3.8) is 0 Å². The number of hydrogen-bond donors (Lipinski definition) is 4. The van der Waals surface area contributed by atoms with E-state index >= 15 is 0 Å². The van der Waals surface area contributed by atoms with Crippen LogP contribution in [0.3, 0.4) is 0 Å². The van der Waals surface area contributed by atoms with Crippen LogP contribution in [-0.4, -0.2) is 35.8 Å². The molecule has 2 aromatic carbocycles. The molecule has 1 saturated heterocycles. The number of fused-ring (bicyclic) bond motifs is 3. The third kappa shape index (κ3) is 2.71. The number of rotatable bonds is 4. The Morgan fingerprint density at radius 2 is 1.81 bits per heavy atom. The van der Waals surface area contributed by atoms with Crippen LogP contribution in [0.5, 0.6) is 0 Å². The fourth-order valence-corrected chi connectivity index (χ4v) is 5.23. The zero-order valence-electron chi connectivity index (χ0n) is 15.5. The maximum Gasteiger partial charge on any atom is 0.0832 e. The Hall–Kier alpha value is -2.14. The zero-order chi connectivity index (χ0) is 18.3. The van der Waals surface area contributed by atoms with Crippen molar-refractivity contribution in [2.75, 3.05) is 19.6 Å². The number of benzene rings is 2. The van der Waals surface area contributed by atoms with Crippen LogP contribution >= 0.6 is 0 Å². The van der Waals surface area contributed by atoms with Crippen LogP contribution in [0.2, 0.25) is 0 Å². The van der Waals surface area contributed by atoms with Gasteiger partial charge in [-0.25, -0.2) is 0 Å². The number of para-hydroxylation sites is 1. The van der Waals surface area contributed by atoms with Gasteiger partial charge >= 0.3 is 0 Å². The van der Waals surface area contributed by atoms with Crippen LogP contribution in [0.25, 0.3) is 10.9 Å². The van der Waals surface area contributed by atoms with Gasteiger partial charge in [0.05, 0.1) is 12.1 Å². The van der Waals surface area contributed by atoms with Crippen LogP contribution in [0.1, 0.15) is 35.6 Å². The summed E-state index contributed by atoms with van der Waals surface area (Å²) in [7, 11) is 0. The molecule has 0 amide bonds. The molecular weight excluding hydrogens is 334 g/mol. The number of aromatic amines is 1. The number of aliphatic hydroxyl groups is 1. The highest BCUT2D eigenvalue weighted by Crippen LogP contribution is 2.49. The van der Waals surface area contributed by atoms with Gasteiger partial charge in [0.25, 0.3) is 0 Å². The Bertz CT molecular complexity index is 941. The number of aromatic nitrogens is 1. The Morgan fingerprint density at radius 1 is 1.04 bits per heavy atom. The van der Waals surface area contributed by atoms with Gasteiger partial charge in [-0.3, -0.25) is 0 Å². The highest BCUT2D eigenvalue weighted by atomic mass is 16.3. The SMILES string of the molecule is O[C@H]1[C@H](NCCc2c[nH]c3ccccc23)c2ccccc2C12CCNCC2. The zero-order valence-corrected chi connectivity index (χ0v) is 15.5. The van der Waals surface area contributed by atoms with E-state index in [0.29, 0.717) is 0 Å². The maximum absolute atomic E-state index is 11.3. The second-order valence-electron chi connectivity index (χ2n) is 7.98. The molecule has 1 aliphatic heterocycles. The Labute approximate surface area is 160 Å². The summed E-state index contributed by atoms with van der Waals surface area (Å²) in [5.74, 6) is 0. The van der Waals surface area contributed by atoms with E-state index in [-0.39, 0.29) is 17.6 Å². The molecular formula is C23H27N3O. The van der Waals surface area contributed by atoms with Gasteiger partial charge in [-0.1, -0.05) is 42.5 Å². The third-order valence-corrected chi connectivity index (χ3v) is 6.64. The van der Waals surface area contributed by atoms with Crippen molar-refractivity contribution >= 4 is 10.9 Å². The molecule has 0 radical (unpaired) electrons. The summed E-state index contributed by atoms with van der Waals surface area (Å²) >= 11 is 0. The maximum atomic E-state index is 11.3. The fraction of sp³-hybridized carbons (Fsp3) is 0.391. The van der Waals surface area contributed by atoms with Gasteiger partial charge in [0.2, 0.25) is 0 Å². The molecule has 2 aliphatic rings. The quantitative estimate of drug-likeness (QED) is 0.578. The highest BCUT2D eigenvalue weighted by Gasteiger charge is 2.51. The van der Waals surface area contributed by atoms with Gasteiger partial charge < -0.3 is 20.7 Å². The molecule has 0 unspecified atom stereocenters. The number of nitrogens with one attached hydrogen (secondary N) is 3. The van der Waals surface area contributed by atoms with Crippen molar-refractivity contribution in [1.29, 1.82) is 0 Å². The van der Waals surface area contributed by atoms with Crippen LogP contribution in [0.15, 0.2) is 54.7 Å². The van der Waals surface area contributed by atoms with E-state index in [0.717, 1.165) is 38.9 Å². The summed E-state index contributed by atoms with van der Waals surface area (Å²) in [5, 5.41) is 19.7. The predicted octanol–water partition coefficient (Wildman–Crippen LogP) is 3.04. The lowest BCUT2D eigenvalue weighted by Crippen LogP contribution is -2.48. The molecule has 3 aromatic rings. The van der Waals surface area contributed by atoms with Crippen LogP contribution < -0.4 is 10.6 Å². The lowest BCUT2D eigenvalue weighted by Gasteiger charge is -2.39. The van der Waals surface area contributed by atoms with Gasteiger partial charge in [0.15, 0.2) is 0 Å². The second kappa shape index (κ2) is 6.79. The van der Waals surface area contributed by atoms with Crippen molar-refractivity contribution in [2.45, 2.75) is 36.8 Å². The van der Waals surface area contributed by atoms with Gasteiger partial charge in [-0.05, 0) is 61.7 Å². The average Bonchev–Trinajstić information content (AvgIpc) is 3.23. The van der Waals surface area contributed by atoms with Crippen molar-refractivity contribution in [1.82, 2.24) is 15.6 Å². The minimum absolute atomic E-state index is 0.0181. The molecule has 4 heteroatoms. The molecule has 140 valence electrons. The molecule has 4 N–H and O–H groups in total. The van der Waals surface area contributed by atoms with Crippen LogP contribution in [-0.2, 0) is 11.8 Å². The number of H-pyrrole nitrogens is 1. The molecule has 4 nitrogen and oxygen atoms in total. The van der Waals surface area contributed by atoms with E-state index in [1.165, 1.54) is 27.6 Å². The Morgan fingerprint density at radius 3 is 2.70 bits per heavy atom. The standard InChI is InChI=1S/C23H27N3O/c27-22-21(25-12-9-16-15-26-20-8-4-2-5-17(16)20)18-6-1-3-7-19(18)23(22)10-13-24-14-11-23/h1-8,15,21-22,24-27H,9-14H2/t21-,22+/m1/s1. The van der Waals surface area contributed by atoms with Crippen molar-refractivity contribution in [3.05, 3.63) is 71.4 Å². The Kier molecular flexibility index (Phi) is 4.27. The lowest BCUT2D eigenvalue weighted by molar-refractivity contribution is 0.0445. The number of piperidine rings is 1. The molecule has 1 aromatic heterocycles. The first-order valence-electron chi connectivity index (χ1n) is 10.1. The molecule has 2 heterocycles. The molecule has 0 saturated carbocycles. The summed E-state index contributed by atoms with van der Waals surface area (Å²) in [4.78, 5) is 3.35. The minimum atomic E-state index is -0.361. The minimum Gasteiger partial charge on any atom is -0.390 e. The first-order valence-corrected chi connectivity index (χ1v) is 10.1. The summed E-state index contributed by atoms with van der Waals surface area (Å²) in [6.07, 6.45) is 4.71. The summed E-state index contributed by atoms with van der Waals surface area (Å²) in [6.45, 7) is 2.81. The Balaban J connectivity index is 1.36. The molecule has 27 heavy (non-hydrogen) atoms. The predicted molar refractivity (Wildman–Crippen MR) is 109 cm³/mol. The van der Waals surface area contributed by atoms with Gasteiger partial charge in [0.1, 0.15) is 0 Å². The average molecular weight is 361 g/mol. The van der Waals surface area contributed by atoms with Crippen LogP contribution in [0, 0.1) is 0 Å². The fourth-order valence-electron chi connectivity index (χ4n) is 5.23. The smallest absolute Gasteiger partial charge is 0.0832 e. The molecule has 0 bridgehead atoms. The van der Waals surface area contributed by atoms with Crippen molar-refractivity contribution in [3.8, 4) is 0 Å². The first kappa shape index (κ1) is 17.0. The third-order valence-electron chi connectivity index (χ3n) is 6.64. The van der Waals surface area contributed by atoms with E-state index in [1.54, 1.807) is 0 Å². The summed E-state index contributed by atoms with van der Waals surface area (Å²) in [6, 6.07) is 17.1. The van der Waals surface area contributed by atoms with Gasteiger partial charge in [-0.15, -0.1) is 0 Å². The number of hydrogen-bond acceptors (Lipinski definition) is 3. The normalized spacial score (nSPS) is 23.7. The van der Waals surface area contributed by atoms with E-state index in [9.17, 15) is 5.11 Å². The summed E-state index contributed by atoms with van der Waals surface area (Å²) < 4.78 is 0. The lowest BCUT2D eigenvalue weighted by atomic mass is 9.72. The number of aliphatic hydroxyl groups excluding tert-OH is 1. The van der Waals surface area contributed by atoms with Crippen molar-refractivity contribution in [2.24, 2.45) is 0 Å². The second-order valence-corrected chi connectivity index (χ2v) is 7.98. The molecule has 2 atom stereocenters. The van der Waals surface area contributed by atoms with E-state index < -0.39 is 0 Å². The van der Waals surface area contributed by atoms with E-state index in [1.807, 2.05) is 0 Å². The topological polar surface area (TPSA) is 60.1 Å². The van der Waals surface area contributed by atoms with Gasteiger partial charge in [-0.2, -0.15) is 0 Å². The molecule has 5 rings (SSSR count). The van der Waals surface area contributed by atoms with Gasteiger partial charge in [0, 0.05) is 22.5 Å². The monoisotopic (exact) mass is 361 g/mol. The van der Waals surface area contributed by atoms with Crippen LogP contribution in [0.4, 0.5) is 0 Å². The highest BCUT2D eigenvalue weighted by molar-refractivity contribution is 5.83. The van der Waals surface area contributed by atoms with E-state index in [4.69, 9.17) is 0 Å². The first-order chi connectivity index (χ1) is 13.3. The molecule has 1 fully saturated rings.